The van der Waals surface area contributed by atoms with Gasteiger partial charge in [0, 0.05) is 0 Å². The Morgan fingerprint density at radius 2 is 1.14 bits per heavy atom. The van der Waals surface area contributed by atoms with Gasteiger partial charge in [-0.3, -0.25) is 0 Å². The van der Waals surface area contributed by atoms with Crippen LogP contribution < -0.4 is 21.3 Å². The SMILES string of the molecule is O=[P+]([O-])[O-].[NH3+]CC(=O)O.[NH3+]CC(=O)O. The maximum atomic E-state index is 9.31. The Balaban J connectivity index is -0.000000131. The summed E-state index contributed by atoms with van der Waals surface area (Å²) in [6.45, 7) is -0.0556. The number of carbonyl (C=O) groups is 2. The molecule has 0 aliphatic heterocycles. The standard InChI is InChI=1S/2C2H5NO2.HO3P/c2*3-1-2(4)5;1-4(2)3/h2*1,3H2,(H,4,5);(H,1,2,3)/p+1. The maximum absolute atomic E-state index is 9.31. The van der Waals surface area contributed by atoms with Gasteiger partial charge in [-0.15, -0.1) is 0 Å². The molecule has 14 heavy (non-hydrogen) atoms. The van der Waals surface area contributed by atoms with Gasteiger partial charge in [0.05, 0.1) is 0 Å². The summed E-state index contributed by atoms with van der Waals surface area (Å²) in [7, 11) is -3.37. The first kappa shape index (κ1) is 18.6. The molecule has 0 saturated heterocycles. The Hall–Kier alpha value is -1.12. The molecular weight excluding hydrogens is 219 g/mol. The maximum Gasteiger partial charge on any atom is 0.359 e. The zero-order chi connectivity index (χ0) is 12.1. The van der Waals surface area contributed by atoms with Gasteiger partial charge in [0.1, 0.15) is 0 Å². The van der Waals surface area contributed by atoms with E-state index in [9.17, 15) is 9.59 Å². The van der Waals surface area contributed by atoms with Crippen LogP contribution in [-0.4, -0.2) is 35.2 Å². The highest BCUT2D eigenvalue weighted by molar-refractivity contribution is 7.27. The van der Waals surface area contributed by atoms with Crippen LogP contribution in [0, 0.1) is 0 Å². The Morgan fingerprint density at radius 3 is 1.14 bits per heavy atom. The van der Waals surface area contributed by atoms with Crippen LogP contribution in [0.5, 0.6) is 0 Å². The van der Waals surface area contributed by atoms with Crippen molar-refractivity contribution in [3.05, 3.63) is 0 Å². The van der Waals surface area contributed by atoms with Crippen molar-refractivity contribution in [2.75, 3.05) is 13.1 Å². The molecule has 0 aromatic heterocycles. The lowest BCUT2D eigenvalue weighted by molar-refractivity contribution is -0.359. The van der Waals surface area contributed by atoms with E-state index in [1.165, 1.54) is 0 Å². The van der Waals surface area contributed by atoms with Gasteiger partial charge in [0.2, 0.25) is 0 Å². The lowest BCUT2D eigenvalue weighted by atomic mass is 10.7. The average Bonchev–Trinajstić information content (AvgIpc) is 2.04. The third-order valence-electron chi connectivity index (χ3n) is 0.428. The summed E-state index contributed by atoms with van der Waals surface area (Å²) < 4.78 is 8.48. The minimum Gasteiger partial charge on any atom is -0.598 e. The molecule has 0 heterocycles. The molecule has 0 radical (unpaired) electrons. The summed E-state index contributed by atoms with van der Waals surface area (Å²) >= 11 is 0. The second-order valence-electron chi connectivity index (χ2n) is 1.51. The number of carboxylic acids is 2. The molecule has 0 aliphatic carbocycles. The molecule has 8 N–H and O–H groups in total. The number of aliphatic carboxylic acids is 2. The normalized spacial score (nSPS) is 7.14. The largest absolute Gasteiger partial charge is 0.598 e. The predicted molar refractivity (Wildman–Crippen MR) is 38.4 cm³/mol. The molecular formula is C4H12N2O7P+. The van der Waals surface area contributed by atoms with E-state index in [2.05, 4.69) is 11.5 Å². The fourth-order valence-corrected chi connectivity index (χ4v) is 0. The van der Waals surface area contributed by atoms with Gasteiger partial charge in [0.15, 0.2) is 13.1 Å². The molecule has 0 aliphatic rings. The molecule has 0 rings (SSSR count). The van der Waals surface area contributed by atoms with E-state index in [4.69, 9.17) is 24.6 Å². The van der Waals surface area contributed by atoms with Crippen molar-refractivity contribution in [3.8, 4) is 0 Å². The van der Waals surface area contributed by atoms with E-state index >= 15 is 0 Å². The average molecular weight is 231 g/mol. The molecule has 0 fully saturated rings. The fourth-order valence-electron chi connectivity index (χ4n) is 0. The van der Waals surface area contributed by atoms with Crippen LogP contribution >= 0.6 is 8.25 Å². The number of hydrogen-bond acceptors (Lipinski definition) is 5. The molecule has 0 unspecified atom stereocenters. The number of quaternary nitrogens is 2. The van der Waals surface area contributed by atoms with Crippen molar-refractivity contribution in [1.82, 2.24) is 0 Å². The highest BCUT2D eigenvalue weighted by atomic mass is 31.1. The summed E-state index contributed by atoms with van der Waals surface area (Å²) in [6.07, 6.45) is 0. The molecule has 0 atom stereocenters. The van der Waals surface area contributed by atoms with Crippen LogP contribution in [0.2, 0.25) is 0 Å². The van der Waals surface area contributed by atoms with E-state index < -0.39 is 20.2 Å². The van der Waals surface area contributed by atoms with Gasteiger partial charge in [0.25, 0.3) is 8.25 Å². The van der Waals surface area contributed by atoms with E-state index in [1.54, 1.807) is 0 Å². The number of hydrogen-bond donors (Lipinski definition) is 4. The van der Waals surface area contributed by atoms with Crippen LogP contribution in [0.15, 0.2) is 0 Å². The Kier molecular flexibility index (Phi) is 19.2. The second-order valence-corrected chi connectivity index (χ2v) is 1.96. The molecule has 0 saturated carbocycles. The topological polar surface area (TPSA) is 193 Å². The molecule has 84 valence electrons. The summed E-state index contributed by atoms with van der Waals surface area (Å²) in [5.74, 6) is -1.71. The lowest BCUT2D eigenvalue weighted by Gasteiger charge is -1.75. The second kappa shape index (κ2) is 14.4. The third kappa shape index (κ3) is 128. The minimum atomic E-state index is -3.37. The first-order chi connectivity index (χ1) is 6.27. The van der Waals surface area contributed by atoms with Crippen LogP contribution in [0.25, 0.3) is 0 Å². The Bertz CT molecular complexity index is 167. The Labute approximate surface area is 79.9 Å². The molecule has 0 amide bonds. The summed E-state index contributed by atoms with van der Waals surface area (Å²) in [4.78, 5) is 35.6. The van der Waals surface area contributed by atoms with Gasteiger partial charge >= 0.3 is 11.9 Å². The van der Waals surface area contributed by atoms with Gasteiger partial charge in [-0.05, 0) is 0 Å². The van der Waals surface area contributed by atoms with E-state index in [0.717, 1.165) is 0 Å². The molecule has 0 bridgehead atoms. The first-order valence-corrected chi connectivity index (χ1v) is 4.21. The van der Waals surface area contributed by atoms with Gasteiger partial charge < -0.3 is 31.5 Å². The fraction of sp³-hybridized carbons (Fsp3) is 0.500. The highest BCUT2D eigenvalue weighted by Gasteiger charge is 1.85. The van der Waals surface area contributed by atoms with Gasteiger partial charge in [-0.1, -0.05) is 4.57 Å². The highest BCUT2D eigenvalue weighted by Crippen LogP contribution is 1.79. The van der Waals surface area contributed by atoms with Crippen LogP contribution in [0.4, 0.5) is 0 Å². The van der Waals surface area contributed by atoms with Crippen molar-refractivity contribution in [2.24, 2.45) is 0 Å². The van der Waals surface area contributed by atoms with Crippen LogP contribution in [-0.2, 0) is 14.2 Å². The van der Waals surface area contributed by atoms with Crippen molar-refractivity contribution < 1.29 is 45.6 Å². The molecule has 0 spiro atoms. The summed E-state index contributed by atoms with van der Waals surface area (Å²) in [6, 6.07) is 0. The van der Waals surface area contributed by atoms with E-state index in [-0.39, 0.29) is 13.1 Å². The zero-order valence-corrected chi connectivity index (χ0v) is 8.11. The first-order valence-electron chi connectivity index (χ1n) is 3.11. The third-order valence-corrected chi connectivity index (χ3v) is 0.428. The smallest absolute Gasteiger partial charge is 0.359 e. The van der Waals surface area contributed by atoms with Crippen molar-refractivity contribution in [2.45, 2.75) is 0 Å². The van der Waals surface area contributed by atoms with Gasteiger partial charge in [-0.2, -0.15) is 0 Å². The molecule has 9 nitrogen and oxygen atoms in total. The summed E-state index contributed by atoms with van der Waals surface area (Å²) in [5.41, 5.74) is 6.17. The van der Waals surface area contributed by atoms with Crippen molar-refractivity contribution >= 4 is 20.2 Å². The zero-order valence-electron chi connectivity index (χ0n) is 7.21. The molecule has 0 aromatic rings. The van der Waals surface area contributed by atoms with E-state index in [0.29, 0.717) is 0 Å². The van der Waals surface area contributed by atoms with Crippen molar-refractivity contribution in [3.63, 3.8) is 0 Å². The van der Waals surface area contributed by atoms with Gasteiger partial charge in [-0.25, -0.2) is 9.59 Å². The Morgan fingerprint density at radius 1 is 1.07 bits per heavy atom. The molecule has 0 aromatic carbocycles. The van der Waals surface area contributed by atoms with Crippen LogP contribution in [0.1, 0.15) is 0 Å². The van der Waals surface area contributed by atoms with Crippen molar-refractivity contribution in [1.29, 1.82) is 0 Å². The minimum absolute atomic E-state index is 0.0278. The van der Waals surface area contributed by atoms with Crippen LogP contribution in [0.3, 0.4) is 0 Å². The number of carboxylic acid groups (broad SMARTS) is 2. The molecule has 10 heteroatoms. The quantitative estimate of drug-likeness (QED) is 0.341. The van der Waals surface area contributed by atoms with E-state index in [1.807, 2.05) is 0 Å². The summed E-state index contributed by atoms with van der Waals surface area (Å²) in [5, 5.41) is 15.3. The number of rotatable bonds is 2. The predicted octanol–water partition coefficient (Wildman–Crippen LogP) is -5.01. The monoisotopic (exact) mass is 231 g/mol. The lowest BCUT2D eigenvalue weighted by Crippen LogP contribution is -2.54.